The van der Waals surface area contributed by atoms with Crippen molar-refractivity contribution < 1.29 is 14.7 Å². The number of hydrogen-bond acceptors (Lipinski definition) is 5. The van der Waals surface area contributed by atoms with E-state index in [9.17, 15) is 9.59 Å². The normalized spacial score (nSPS) is 17.3. The van der Waals surface area contributed by atoms with E-state index in [1.165, 1.54) is 6.92 Å². The van der Waals surface area contributed by atoms with Crippen molar-refractivity contribution in [2.75, 3.05) is 0 Å². The number of carbonyl (C=O) groups is 2. The van der Waals surface area contributed by atoms with E-state index in [2.05, 4.69) is 29.3 Å². The van der Waals surface area contributed by atoms with Crippen LogP contribution in [-0.4, -0.2) is 48.1 Å². The number of tetrazole rings is 1. The lowest BCUT2D eigenvalue weighted by atomic mass is 9.97. The van der Waals surface area contributed by atoms with Crippen LogP contribution in [0.5, 0.6) is 0 Å². The lowest BCUT2D eigenvalue weighted by Gasteiger charge is -2.31. The minimum Gasteiger partial charge on any atom is -0.480 e. The number of nitrogens with zero attached hydrogens (tertiary/aromatic N) is 5. The number of carbonyl (C=O) groups excluding carboxylic acids is 1. The van der Waals surface area contributed by atoms with Gasteiger partial charge in [0.2, 0.25) is 5.82 Å². The van der Waals surface area contributed by atoms with Crippen LogP contribution in [0.4, 0.5) is 0 Å². The summed E-state index contributed by atoms with van der Waals surface area (Å²) < 4.78 is 0. The van der Waals surface area contributed by atoms with Crippen molar-refractivity contribution in [3.63, 3.8) is 0 Å². The molecular formula is C20H22ClN5O3. The minimum atomic E-state index is -1.04. The second-order valence-corrected chi connectivity index (χ2v) is 7.74. The van der Waals surface area contributed by atoms with Gasteiger partial charge in [0.15, 0.2) is 6.04 Å². The highest BCUT2D eigenvalue weighted by Crippen LogP contribution is 2.26. The van der Waals surface area contributed by atoms with Gasteiger partial charge in [-0.05, 0) is 54.8 Å². The van der Waals surface area contributed by atoms with E-state index in [-0.39, 0.29) is 11.9 Å². The molecule has 1 aliphatic heterocycles. The van der Waals surface area contributed by atoms with E-state index in [4.69, 9.17) is 16.7 Å². The fourth-order valence-electron chi connectivity index (χ4n) is 2.99. The molecule has 0 fully saturated rings. The first-order valence-corrected chi connectivity index (χ1v) is 9.65. The molecule has 0 saturated carbocycles. The van der Waals surface area contributed by atoms with Gasteiger partial charge in [0.1, 0.15) is 0 Å². The third-order valence-electron chi connectivity index (χ3n) is 4.57. The molecule has 1 amide bonds. The Labute approximate surface area is 173 Å². The Hall–Kier alpha value is -3.00. The van der Waals surface area contributed by atoms with Gasteiger partial charge in [0.05, 0.1) is 6.04 Å². The molecule has 0 spiro atoms. The molecule has 2 atom stereocenters. The van der Waals surface area contributed by atoms with Gasteiger partial charge < -0.3 is 10.0 Å². The van der Waals surface area contributed by atoms with Gasteiger partial charge in [0.25, 0.3) is 5.91 Å². The van der Waals surface area contributed by atoms with Crippen LogP contribution in [0.1, 0.15) is 49.4 Å². The summed E-state index contributed by atoms with van der Waals surface area (Å²) in [5.41, 5.74) is 1.24. The first kappa shape index (κ1) is 20.7. The number of halogens is 1. The Balaban J connectivity index is 1.87. The smallest absolute Gasteiger partial charge is 0.330 e. The zero-order valence-corrected chi connectivity index (χ0v) is 17.1. The zero-order chi connectivity index (χ0) is 21.1. The maximum absolute atomic E-state index is 13.0. The Morgan fingerprint density at radius 3 is 2.52 bits per heavy atom. The van der Waals surface area contributed by atoms with Crippen LogP contribution < -0.4 is 0 Å². The van der Waals surface area contributed by atoms with Crippen LogP contribution >= 0.6 is 11.6 Å². The summed E-state index contributed by atoms with van der Waals surface area (Å²) in [6, 6.07) is 5.66. The second-order valence-electron chi connectivity index (χ2n) is 7.30. The van der Waals surface area contributed by atoms with Crippen molar-refractivity contribution in [2.45, 2.75) is 39.3 Å². The van der Waals surface area contributed by atoms with Gasteiger partial charge in [-0.2, -0.15) is 0 Å². The molecule has 2 unspecified atom stereocenters. The number of aliphatic carboxylic acids is 1. The summed E-state index contributed by atoms with van der Waals surface area (Å²) in [5, 5.41) is 21.7. The number of carboxylic acids is 1. The van der Waals surface area contributed by atoms with Crippen molar-refractivity contribution >= 4 is 29.1 Å². The molecule has 29 heavy (non-hydrogen) atoms. The number of carboxylic acid groups (broad SMARTS) is 1. The van der Waals surface area contributed by atoms with Gasteiger partial charge in [-0.15, -0.1) is 15.0 Å². The Bertz CT molecular complexity index is 965. The molecule has 2 heterocycles. The fraction of sp³-hybridized carbons (Fsp3) is 0.350. The van der Waals surface area contributed by atoms with Crippen LogP contribution in [-0.2, 0) is 4.79 Å². The van der Waals surface area contributed by atoms with Gasteiger partial charge in [-0.3, -0.25) is 4.79 Å². The molecule has 0 radical (unpaired) electrons. The van der Waals surface area contributed by atoms with Gasteiger partial charge in [-0.1, -0.05) is 31.5 Å². The topological polar surface area (TPSA) is 101 Å². The van der Waals surface area contributed by atoms with E-state index in [1.54, 1.807) is 41.4 Å². The molecule has 9 heteroatoms. The first-order chi connectivity index (χ1) is 13.8. The maximum Gasteiger partial charge on any atom is 0.330 e. The summed E-state index contributed by atoms with van der Waals surface area (Å²) in [6.07, 6.45) is 6.10. The third kappa shape index (κ3) is 4.71. The van der Waals surface area contributed by atoms with Gasteiger partial charge >= 0.3 is 5.97 Å². The number of rotatable bonds is 6. The van der Waals surface area contributed by atoms with E-state index in [0.29, 0.717) is 27.9 Å². The number of allylic oxidation sites excluding steroid dienone is 2. The highest BCUT2D eigenvalue weighted by Gasteiger charge is 2.27. The second kappa shape index (κ2) is 8.57. The predicted molar refractivity (Wildman–Crippen MR) is 108 cm³/mol. The average Bonchev–Trinajstić information content (AvgIpc) is 3.17. The summed E-state index contributed by atoms with van der Waals surface area (Å²) in [4.78, 5) is 26.9. The molecule has 152 valence electrons. The summed E-state index contributed by atoms with van der Waals surface area (Å²) in [6.45, 7) is 5.65. The minimum absolute atomic E-state index is 0.130. The monoisotopic (exact) mass is 415 g/mol. The molecule has 0 saturated heterocycles. The Morgan fingerprint density at radius 1 is 1.21 bits per heavy atom. The number of hydrogen-bond donors (Lipinski definition) is 1. The molecule has 1 aliphatic rings. The Kier molecular flexibility index (Phi) is 6.12. The van der Waals surface area contributed by atoms with Gasteiger partial charge in [0, 0.05) is 22.4 Å². The standard InChI is InChI=1S/C20H22ClN5O3/c1-12(2)10-17-11-15(18-22-24-26(23-18)13(3)20(28)29)8-9-25(17)19(27)14-4-6-16(21)7-5-14/h4-9,11-13,17H,10H2,1-3H3,(H,28,29). The molecule has 1 aromatic carbocycles. The lowest BCUT2D eigenvalue weighted by Crippen LogP contribution is -2.37. The van der Waals surface area contributed by atoms with E-state index in [1.807, 2.05) is 6.08 Å². The van der Waals surface area contributed by atoms with Crippen molar-refractivity contribution in [1.29, 1.82) is 0 Å². The van der Waals surface area contributed by atoms with Crippen molar-refractivity contribution in [3.05, 3.63) is 59.0 Å². The average molecular weight is 416 g/mol. The van der Waals surface area contributed by atoms with Crippen molar-refractivity contribution in [2.24, 2.45) is 5.92 Å². The molecule has 2 aromatic rings. The van der Waals surface area contributed by atoms with Crippen LogP contribution in [0.15, 0.2) is 42.6 Å². The molecular weight excluding hydrogens is 394 g/mol. The van der Waals surface area contributed by atoms with E-state index >= 15 is 0 Å². The molecule has 0 bridgehead atoms. The summed E-state index contributed by atoms with van der Waals surface area (Å²) in [5.74, 6) is -0.503. The molecule has 1 aromatic heterocycles. The van der Waals surface area contributed by atoms with Crippen LogP contribution in [0, 0.1) is 5.92 Å². The lowest BCUT2D eigenvalue weighted by molar-refractivity contribution is -0.141. The number of benzene rings is 1. The summed E-state index contributed by atoms with van der Waals surface area (Å²) >= 11 is 5.92. The van der Waals surface area contributed by atoms with Crippen molar-refractivity contribution in [3.8, 4) is 0 Å². The van der Waals surface area contributed by atoms with Crippen LogP contribution in [0.2, 0.25) is 5.02 Å². The highest BCUT2D eigenvalue weighted by molar-refractivity contribution is 6.30. The van der Waals surface area contributed by atoms with Crippen LogP contribution in [0.25, 0.3) is 5.57 Å². The van der Waals surface area contributed by atoms with Gasteiger partial charge in [-0.25, -0.2) is 4.79 Å². The molecule has 3 rings (SSSR count). The third-order valence-corrected chi connectivity index (χ3v) is 4.82. The molecule has 1 N–H and O–H groups in total. The quantitative estimate of drug-likeness (QED) is 0.775. The van der Waals surface area contributed by atoms with Crippen molar-refractivity contribution in [1.82, 2.24) is 25.1 Å². The molecule has 8 nitrogen and oxygen atoms in total. The predicted octanol–water partition coefficient (Wildman–Crippen LogP) is 3.44. The Morgan fingerprint density at radius 2 is 1.90 bits per heavy atom. The fourth-order valence-corrected chi connectivity index (χ4v) is 3.12. The van der Waals surface area contributed by atoms with E-state index < -0.39 is 12.0 Å². The SMILES string of the molecule is CC(C)CC1C=C(c2nnn(C(C)C(=O)O)n2)C=CN1C(=O)c1ccc(Cl)cc1. The summed E-state index contributed by atoms with van der Waals surface area (Å²) in [7, 11) is 0. The first-order valence-electron chi connectivity index (χ1n) is 9.27. The van der Waals surface area contributed by atoms with Crippen LogP contribution in [0.3, 0.4) is 0 Å². The zero-order valence-electron chi connectivity index (χ0n) is 16.4. The number of amides is 1. The van der Waals surface area contributed by atoms with E-state index in [0.717, 1.165) is 11.2 Å². The largest absolute Gasteiger partial charge is 0.480 e. The maximum atomic E-state index is 13.0. The number of aromatic nitrogens is 4. The molecule has 0 aliphatic carbocycles. The highest BCUT2D eigenvalue weighted by atomic mass is 35.5.